The lowest BCUT2D eigenvalue weighted by molar-refractivity contribution is -0.139. The Bertz CT molecular complexity index is 489. The molecule has 0 radical (unpaired) electrons. The van der Waals surface area contributed by atoms with Crippen molar-refractivity contribution >= 4 is 12.0 Å². The van der Waals surface area contributed by atoms with Crippen LogP contribution in [0.25, 0.3) is 0 Å². The van der Waals surface area contributed by atoms with Gasteiger partial charge >= 0.3 is 12.0 Å². The highest BCUT2D eigenvalue weighted by molar-refractivity contribution is 5.76. The predicted octanol–water partition coefficient (Wildman–Crippen LogP) is -0.237. The molecule has 20 heavy (non-hydrogen) atoms. The maximum Gasteiger partial charge on any atom is 0.318 e. The Morgan fingerprint density at radius 1 is 1.55 bits per heavy atom. The third kappa shape index (κ3) is 3.67. The summed E-state index contributed by atoms with van der Waals surface area (Å²) in [6, 6.07) is -0.824. The molecular weight excluding hydrogens is 268 g/mol. The molecule has 2 amide bonds. The topological polar surface area (TPSA) is 118 Å². The zero-order chi connectivity index (χ0) is 14.5. The van der Waals surface area contributed by atoms with Crippen molar-refractivity contribution < 1.29 is 24.0 Å². The van der Waals surface area contributed by atoms with Gasteiger partial charge in [0.1, 0.15) is 0 Å². The number of carboxylic acid groups (broad SMARTS) is 1. The quantitative estimate of drug-likeness (QED) is 0.783. The first-order chi connectivity index (χ1) is 9.56. The van der Waals surface area contributed by atoms with Gasteiger partial charge < -0.3 is 24.6 Å². The number of carbonyl (C=O) groups excluding carboxylic acids is 1. The second kappa shape index (κ2) is 6.33. The predicted molar refractivity (Wildman–Crippen MR) is 64.8 cm³/mol. The smallest absolute Gasteiger partial charge is 0.318 e. The average Bonchev–Trinajstić information content (AvgIpc) is 2.82. The molecule has 1 saturated heterocycles. The standard InChI is InChI=1S/C11H16N4O5/c1-7-13-9(14-20-7)5-12-11(18)15-2-3-19-6-8(15)4-10(16)17/h8H,2-6H2,1H3,(H,12,18)(H,16,17). The number of hydrogen-bond acceptors (Lipinski definition) is 6. The van der Waals surface area contributed by atoms with Crippen molar-refractivity contribution in [3.05, 3.63) is 11.7 Å². The summed E-state index contributed by atoms with van der Waals surface area (Å²) >= 11 is 0. The number of rotatable bonds is 4. The summed E-state index contributed by atoms with van der Waals surface area (Å²) in [5, 5.41) is 15.1. The first-order valence-electron chi connectivity index (χ1n) is 6.19. The molecular formula is C11H16N4O5. The van der Waals surface area contributed by atoms with Crippen molar-refractivity contribution in [2.24, 2.45) is 0 Å². The van der Waals surface area contributed by atoms with Crippen molar-refractivity contribution in [1.29, 1.82) is 0 Å². The van der Waals surface area contributed by atoms with Crippen LogP contribution >= 0.6 is 0 Å². The Hall–Kier alpha value is -2.16. The molecule has 1 aliphatic heterocycles. The molecule has 1 atom stereocenters. The van der Waals surface area contributed by atoms with Crippen LogP contribution in [0, 0.1) is 6.92 Å². The average molecular weight is 284 g/mol. The second-order valence-corrected chi connectivity index (χ2v) is 4.41. The lowest BCUT2D eigenvalue weighted by Crippen LogP contribution is -2.53. The molecule has 2 heterocycles. The molecule has 1 aliphatic rings. The molecule has 1 aromatic heterocycles. The van der Waals surface area contributed by atoms with E-state index in [1.165, 1.54) is 4.90 Å². The molecule has 2 N–H and O–H groups in total. The van der Waals surface area contributed by atoms with E-state index in [9.17, 15) is 9.59 Å². The number of carboxylic acids is 1. The number of urea groups is 1. The third-order valence-electron chi connectivity index (χ3n) is 2.87. The van der Waals surface area contributed by atoms with Gasteiger partial charge in [-0.2, -0.15) is 4.98 Å². The monoisotopic (exact) mass is 284 g/mol. The van der Waals surface area contributed by atoms with E-state index in [4.69, 9.17) is 14.4 Å². The summed E-state index contributed by atoms with van der Waals surface area (Å²) in [5.74, 6) is -0.171. The molecule has 9 heteroatoms. The number of nitrogens with one attached hydrogen (secondary N) is 1. The van der Waals surface area contributed by atoms with Crippen LogP contribution in [0.3, 0.4) is 0 Å². The maximum atomic E-state index is 12.1. The zero-order valence-electron chi connectivity index (χ0n) is 11.0. The number of morpholine rings is 1. The van der Waals surface area contributed by atoms with Crippen molar-refractivity contribution in [2.75, 3.05) is 19.8 Å². The van der Waals surface area contributed by atoms with E-state index >= 15 is 0 Å². The molecule has 1 aromatic rings. The fourth-order valence-electron chi connectivity index (χ4n) is 1.96. The van der Waals surface area contributed by atoms with Gasteiger partial charge in [0, 0.05) is 13.5 Å². The van der Waals surface area contributed by atoms with E-state index in [1.54, 1.807) is 6.92 Å². The van der Waals surface area contributed by atoms with Crippen LogP contribution in [0.15, 0.2) is 4.52 Å². The van der Waals surface area contributed by atoms with Crippen LogP contribution in [0.5, 0.6) is 0 Å². The Morgan fingerprint density at radius 2 is 2.35 bits per heavy atom. The number of aryl methyl sites for hydroxylation is 1. The lowest BCUT2D eigenvalue weighted by Gasteiger charge is -2.34. The van der Waals surface area contributed by atoms with Crippen LogP contribution in [0.1, 0.15) is 18.1 Å². The van der Waals surface area contributed by atoms with Crippen molar-refractivity contribution in [2.45, 2.75) is 25.9 Å². The minimum absolute atomic E-state index is 0.132. The molecule has 9 nitrogen and oxygen atoms in total. The number of amides is 2. The van der Waals surface area contributed by atoms with Gasteiger partial charge in [0.25, 0.3) is 0 Å². The SMILES string of the molecule is Cc1nc(CNC(=O)N2CCOCC2CC(=O)O)no1. The maximum absolute atomic E-state index is 12.1. The van der Waals surface area contributed by atoms with Gasteiger partial charge in [0.05, 0.1) is 32.2 Å². The third-order valence-corrected chi connectivity index (χ3v) is 2.87. The first-order valence-corrected chi connectivity index (χ1v) is 6.19. The highest BCUT2D eigenvalue weighted by Crippen LogP contribution is 2.11. The van der Waals surface area contributed by atoms with E-state index in [2.05, 4.69) is 15.5 Å². The number of carbonyl (C=O) groups is 2. The molecule has 0 spiro atoms. The number of hydrogen-bond donors (Lipinski definition) is 2. The van der Waals surface area contributed by atoms with E-state index in [1.807, 2.05) is 0 Å². The lowest BCUT2D eigenvalue weighted by atomic mass is 10.1. The van der Waals surface area contributed by atoms with E-state index in [-0.39, 0.29) is 25.6 Å². The number of aliphatic carboxylic acids is 1. The summed E-state index contributed by atoms with van der Waals surface area (Å²) in [7, 11) is 0. The molecule has 110 valence electrons. The molecule has 1 fully saturated rings. The van der Waals surface area contributed by atoms with E-state index in [0.717, 1.165) is 0 Å². The van der Waals surface area contributed by atoms with Crippen molar-refractivity contribution in [1.82, 2.24) is 20.4 Å². The minimum atomic E-state index is -0.966. The van der Waals surface area contributed by atoms with Gasteiger partial charge in [-0.25, -0.2) is 4.79 Å². The van der Waals surface area contributed by atoms with Crippen molar-refractivity contribution in [3.8, 4) is 0 Å². The fourth-order valence-corrected chi connectivity index (χ4v) is 1.96. The second-order valence-electron chi connectivity index (χ2n) is 4.41. The molecule has 0 bridgehead atoms. The summed E-state index contributed by atoms with van der Waals surface area (Å²) in [4.78, 5) is 28.2. The first kappa shape index (κ1) is 14.3. The summed E-state index contributed by atoms with van der Waals surface area (Å²) in [6.07, 6.45) is -0.144. The van der Waals surface area contributed by atoms with Crippen LogP contribution in [0.4, 0.5) is 4.79 Å². The number of ether oxygens (including phenoxy) is 1. The van der Waals surface area contributed by atoms with Gasteiger partial charge in [-0.3, -0.25) is 4.79 Å². The van der Waals surface area contributed by atoms with E-state index in [0.29, 0.717) is 24.9 Å². The largest absolute Gasteiger partial charge is 0.481 e. The molecule has 0 aromatic carbocycles. The summed E-state index contributed by atoms with van der Waals surface area (Å²) in [5.41, 5.74) is 0. The minimum Gasteiger partial charge on any atom is -0.481 e. The van der Waals surface area contributed by atoms with Gasteiger partial charge in [0.15, 0.2) is 5.82 Å². The molecule has 2 rings (SSSR count). The Labute approximate surface area is 114 Å². The summed E-state index contributed by atoms with van der Waals surface area (Å²) < 4.78 is 10.00. The van der Waals surface area contributed by atoms with Crippen LogP contribution in [-0.4, -0.2) is 57.9 Å². The van der Waals surface area contributed by atoms with E-state index < -0.39 is 12.0 Å². The highest BCUT2D eigenvalue weighted by Gasteiger charge is 2.29. The fraction of sp³-hybridized carbons (Fsp3) is 0.636. The van der Waals surface area contributed by atoms with Crippen LogP contribution < -0.4 is 5.32 Å². The van der Waals surface area contributed by atoms with Crippen LogP contribution in [-0.2, 0) is 16.1 Å². The van der Waals surface area contributed by atoms with Gasteiger partial charge in [-0.15, -0.1) is 0 Å². The van der Waals surface area contributed by atoms with Crippen LogP contribution in [0.2, 0.25) is 0 Å². The Kier molecular flexibility index (Phi) is 4.51. The Balaban J connectivity index is 1.90. The molecule has 0 saturated carbocycles. The number of nitrogens with zero attached hydrogens (tertiary/aromatic N) is 3. The number of aromatic nitrogens is 2. The highest BCUT2D eigenvalue weighted by atomic mass is 16.5. The normalized spacial score (nSPS) is 18.9. The van der Waals surface area contributed by atoms with Gasteiger partial charge in [0.2, 0.25) is 5.89 Å². The van der Waals surface area contributed by atoms with Crippen molar-refractivity contribution in [3.63, 3.8) is 0 Å². The Morgan fingerprint density at radius 3 is 3.00 bits per heavy atom. The zero-order valence-corrected chi connectivity index (χ0v) is 11.0. The van der Waals surface area contributed by atoms with Gasteiger partial charge in [-0.05, 0) is 0 Å². The molecule has 0 aliphatic carbocycles. The summed E-state index contributed by atoms with van der Waals surface area (Å²) in [6.45, 7) is 2.76. The molecule has 1 unspecified atom stereocenters. The van der Waals surface area contributed by atoms with Gasteiger partial charge in [-0.1, -0.05) is 5.16 Å².